The summed E-state index contributed by atoms with van der Waals surface area (Å²) in [5.74, 6) is -1.50. The van der Waals surface area contributed by atoms with Gasteiger partial charge >= 0.3 is 0 Å². The molecular formula is C15H14N4O5S2. The van der Waals surface area contributed by atoms with E-state index in [0.29, 0.717) is 5.56 Å². The maximum atomic E-state index is 12.5. The van der Waals surface area contributed by atoms with E-state index in [1.165, 1.54) is 43.9 Å². The Morgan fingerprint density at radius 1 is 1.23 bits per heavy atom. The molecule has 0 radical (unpaired) electrons. The van der Waals surface area contributed by atoms with E-state index in [1.54, 1.807) is 0 Å². The van der Waals surface area contributed by atoms with Crippen LogP contribution in [0, 0.1) is 0 Å². The van der Waals surface area contributed by atoms with Gasteiger partial charge in [-0.25, -0.2) is 13.4 Å². The number of nitrogens with one attached hydrogen (secondary N) is 2. The molecule has 9 nitrogen and oxygen atoms in total. The summed E-state index contributed by atoms with van der Waals surface area (Å²) in [6.45, 7) is 0. The minimum atomic E-state index is -3.93. The number of aliphatic hydroxyl groups excluding tert-OH is 1. The number of aliphatic hydroxyl groups is 1. The molecule has 0 atom stereocenters. The van der Waals surface area contributed by atoms with Gasteiger partial charge in [0, 0.05) is 20.3 Å². The highest BCUT2D eigenvalue weighted by Gasteiger charge is 2.38. The number of amides is 2. The number of pyridine rings is 1. The largest absolute Gasteiger partial charge is 0.504 e. The van der Waals surface area contributed by atoms with Crippen LogP contribution in [0.1, 0.15) is 15.2 Å². The van der Waals surface area contributed by atoms with Crippen LogP contribution in [-0.2, 0) is 14.8 Å². The van der Waals surface area contributed by atoms with Gasteiger partial charge in [-0.15, -0.1) is 11.3 Å². The Morgan fingerprint density at radius 2 is 1.96 bits per heavy atom. The number of likely N-dealkylation sites (N-methyl/N-ethyl adjacent to an activating group) is 1. The lowest BCUT2D eigenvalue weighted by atomic mass is 10.2. The lowest BCUT2D eigenvalue weighted by Crippen LogP contribution is -2.36. The third-order valence-electron chi connectivity index (χ3n) is 3.73. The highest BCUT2D eigenvalue weighted by molar-refractivity contribution is 7.89. The molecule has 0 saturated heterocycles. The number of anilines is 1. The molecule has 0 unspecified atom stereocenters. The second-order valence-corrected chi connectivity index (χ2v) is 8.10. The molecule has 2 aromatic heterocycles. The zero-order chi connectivity index (χ0) is 19.1. The van der Waals surface area contributed by atoms with Crippen LogP contribution >= 0.6 is 11.3 Å². The van der Waals surface area contributed by atoms with Gasteiger partial charge in [0.05, 0.1) is 10.4 Å². The summed E-state index contributed by atoms with van der Waals surface area (Å²) < 4.78 is 25.7. The van der Waals surface area contributed by atoms with E-state index in [0.717, 1.165) is 15.6 Å². The summed E-state index contributed by atoms with van der Waals surface area (Å²) in [4.78, 5) is 28.0. The lowest BCUT2D eigenvalue weighted by Gasteiger charge is -2.26. The molecule has 3 N–H and O–H groups in total. The van der Waals surface area contributed by atoms with Gasteiger partial charge in [-0.05, 0) is 23.6 Å². The van der Waals surface area contributed by atoms with Crippen LogP contribution in [-0.4, -0.2) is 48.7 Å². The average molecular weight is 394 g/mol. The molecule has 3 heterocycles. The fourth-order valence-corrected chi connectivity index (χ4v) is 4.93. The van der Waals surface area contributed by atoms with Crippen molar-refractivity contribution in [2.24, 2.45) is 0 Å². The molecule has 0 bridgehead atoms. The molecule has 2 amide bonds. The van der Waals surface area contributed by atoms with Crippen molar-refractivity contribution >= 4 is 44.8 Å². The minimum absolute atomic E-state index is 0.0490. The van der Waals surface area contributed by atoms with Gasteiger partial charge in [0.1, 0.15) is 10.7 Å². The molecule has 136 valence electrons. The molecule has 26 heavy (non-hydrogen) atoms. The Bertz CT molecular complexity index is 1020. The van der Waals surface area contributed by atoms with Crippen molar-refractivity contribution in [3.8, 4) is 0 Å². The first-order valence-electron chi connectivity index (χ1n) is 7.27. The van der Waals surface area contributed by atoms with Crippen molar-refractivity contribution in [3.05, 3.63) is 45.9 Å². The summed E-state index contributed by atoms with van der Waals surface area (Å²) >= 11 is 1.02. The first-order chi connectivity index (χ1) is 12.3. The Morgan fingerprint density at radius 3 is 2.58 bits per heavy atom. The second-order valence-electron chi connectivity index (χ2n) is 5.25. The van der Waals surface area contributed by atoms with Crippen LogP contribution in [0.4, 0.5) is 5.82 Å². The van der Waals surface area contributed by atoms with Crippen LogP contribution in [0.25, 0.3) is 5.76 Å². The van der Waals surface area contributed by atoms with Gasteiger partial charge in [-0.2, -0.15) is 0 Å². The third-order valence-corrected chi connectivity index (χ3v) is 6.58. The standard InChI is InChI=1S/C15H14N4O5S2/c1-16-14(21)8-3-4-10(17-7-8)18-15(22)11-12(20)13-9(5-6-25-13)26(23,24)19(11)2/h3-7,20H,1-2H3,(H,16,21)(H,17,18,22). The number of hydrogen-bond acceptors (Lipinski definition) is 7. The van der Waals surface area contributed by atoms with E-state index in [9.17, 15) is 23.1 Å². The normalized spacial score (nSPS) is 15.4. The number of hydrogen-bond donors (Lipinski definition) is 3. The molecule has 0 spiro atoms. The van der Waals surface area contributed by atoms with E-state index in [4.69, 9.17) is 0 Å². The summed E-state index contributed by atoms with van der Waals surface area (Å²) in [6.07, 6.45) is 1.27. The number of carbonyl (C=O) groups is 2. The van der Waals surface area contributed by atoms with Crippen LogP contribution in [0.15, 0.2) is 40.4 Å². The molecule has 2 aromatic rings. The Kier molecular flexibility index (Phi) is 4.42. The Balaban J connectivity index is 1.93. The van der Waals surface area contributed by atoms with Crippen molar-refractivity contribution in [3.63, 3.8) is 0 Å². The fourth-order valence-electron chi connectivity index (χ4n) is 2.37. The maximum Gasteiger partial charge on any atom is 0.278 e. The Labute approximate surface area is 153 Å². The lowest BCUT2D eigenvalue weighted by molar-refractivity contribution is -0.113. The molecule has 0 aliphatic carbocycles. The molecule has 1 aliphatic rings. The predicted octanol–water partition coefficient (Wildman–Crippen LogP) is 1.00. The van der Waals surface area contributed by atoms with Crippen molar-refractivity contribution in [2.45, 2.75) is 4.90 Å². The van der Waals surface area contributed by atoms with E-state index < -0.39 is 27.4 Å². The predicted molar refractivity (Wildman–Crippen MR) is 95.1 cm³/mol. The van der Waals surface area contributed by atoms with E-state index in [-0.39, 0.29) is 21.5 Å². The monoisotopic (exact) mass is 394 g/mol. The van der Waals surface area contributed by atoms with E-state index >= 15 is 0 Å². The quantitative estimate of drug-likeness (QED) is 0.712. The molecule has 0 aromatic carbocycles. The van der Waals surface area contributed by atoms with Gasteiger partial charge in [0.15, 0.2) is 11.5 Å². The first kappa shape index (κ1) is 17.9. The number of rotatable bonds is 3. The topological polar surface area (TPSA) is 129 Å². The maximum absolute atomic E-state index is 12.5. The van der Waals surface area contributed by atoms with Gasteiger partial charge in [-0.1, -0.05) is 0 Å². The number of fused-ring (bicyclic) bond motifs is 1. The van der Waals surface area contributed by atoms with Crippen molar-refractivity contribution in [1.82, 2.24) is 14.6 Å². The summed E-state index contributed by atoms with van der Waals surface area (Å²) in [7, 11) is -1.27. The van der Waals surface area contributed by atoms with Crippen molar-refractivity contribution in [2.75, 3.05) is 19.4 Å². The first-order valence-corrected chi connectivity index (χ1v) is 9.59. The molecule has 11 heteroatoms. The number of carbonyl (C=O) groups excluding carboxylic acids is 2. The minimum Gasteiger partial charge on any atom is -0.504 e. The summed E-state index contributed by atoms with van der Waals surface area (Å²) in [6, 6.07) is 4.22. The zero-order valence-electron chi connectivity index (χ0n) is 13.7. The number of aromatic nitrogens is 1. The van der Waals surface area contributed by atoms with Crippen molar-refractivity contribution in [1.29, 1.82) is 0 Å². The van der Waals surface area contributed by atoms with Gasteiger partial charge in [0.25, 0.3) is 21.8 Å². The van der Waals surface area contributed by atoms with Gasteiger partial charge in [0.2, 0.25) is 0 Å². The summed E-state index contributed by atoms with van der Waals surface area (Å²) in [5.41, 5.74) is -0.106. The SMILES string of the molecule is CNC(=O)c1ccc(NC(=O)C2=C(O)c3sccc3S(=O)(=O)N2C)nc1. The molecule has 0 fully saturated rings. The molecule has 3 rings (SSSR count). The van der Waals surface area contributed by atoms with Crippen LogP contribution in [0.5, 0.6) is 0 Å². The highest BCUT2D eigenvalue weighted by atomic mass is 32.2. The average Bonchev–Trinajstić information content (AvgIpc) is 3.11. The van der Waals surface area contributed by atoms with Crippen LogP contribution in [0.2, 0.25) is 0 Å². The molecule has 0 saturated carbocycles. The second kappa shape index (κ2) is 6.42. The van der Waals surface area contributed by atoms with Gasteiger partial charge < -0.3 is 15.7 Å². The number of nitrogens with zero attached hydrogens (tertiary/aromatic N) is 2. The van der Waals surface area contributed by atoms with Gasteiger partial charge in [-0.3, -0.25) is 13.9 Å². The van der Waals surface area contributed by atoms with E-state index in [1.807, 2.05) is 0 Å². The zero-order valence-corrected chi connectivity index (χ0v) is 15.3. The molecular weight excluding hydrogens is 380 g/mol. The third kappa shape index (κ3) is 2.80. The highest BCUT2D eigenvalue weighted by Crippen LogP contribution is 2.38. The smallest absolute Gasteiger partial charge is 0.278 e. The fraction of sp³-hybridized carbons (Fsp3) is 0.133. The van der Waals surface area contributed by atoms with E-state index in [2.05, 4.69) is 15.6 Å². The number of thiophene rings is 1. The summed E-state index contributed by atoms with van der Waals surface area (Å²) in [5, 5.41) is 16.7. The molecule has 1 aliphatic heterocycles. The van der Waals surface area contributed by atoms with Crippen molar-refractivity contribution < 1.29 is 23.1 Å². The van der Waals surface area contributed by atoms with Crippen LogP contribution in [0.3, 0.4) is 0 Å². The van der Waals surface area contributed by atoms with Crippen LogP contribution < -0.4 is 10.6 Å². The Hall–Kier alpha value is -2.92. The number of sulfonamides is 1.